The standard InChI is InChI=1S/C16H33N3O/c1-12-6-8-13(9-7-12)19(5)14(11-17)10-15(20)18-16(2,3)4/h12-14H,6-11,17H2,1-5H3,(H,18,20). The number of nitrogens with one attached hydrogen (secondary N) is 1. The van der Waals surface area contributed by atoms with Crippen molar-refractivity contribution in [2.24, 2.45) is 11.7 Å². The van der Waals surface area contributed by atoms with Gasteiger partial charge in [0.1, 0.15) is 0 Å². The minimum absolute atomic E-state index is 0.101. The van der Waals surface area contributed by atoms with Crippen LogP contribution >= 0.6 is 0 Å². The van der Waals surface area contributed by atoms with E-state index in [1.807, 2.05) is 20.8 Å². The lowest BCUT2D eigenvalue weighted by Crippen LogP contribution is -2.49. The van der Waals surface area contributed by atoms with Crippen molar-refractivity contribution in [3.05, 3.63) is 0 Å². The summed E-state index contributed by atoms with van der Waals surface area (Å²) in [5.41, 5.74) is 5.73. The Bertz CT molecular complexity index is 303. The molecule has 1 amide bonds. The Hall–Kier alpha value is -0.610. The molecule has 0 bridgehead atoms. The number of rotatable bonds is 5. The fraction of sp³-hybridized carbons (Fsp3) is 0.938. The summed E-state index contributed by atoms with van der Waals surface area (Å²) in [6.45, 7) is 8.89. The number of hydrogen-bond donors (Lipinski definition) is 2. The third kappa shape index (κ3) is 5.80. The molecule has 1 fully saturated rings. The molecular formula is C16H33N3O. The van der Waals surface area contributed by atoms with Crippen molar-refractivity contribution >= 4 is 5.91 Å². The van der Waals surface area contributed by atoms with Crippen LogP contribution in [0.4, 0.5) is 0 Å². The van der Waals surface area contributed by atoms with E-state index in [9.17, 15) is 4.79 Å². The highest BCUT2D eigenvalue weighted by atomic mass is 16.1. The second-order valence-electron chi connectivity index (χ2n) is 7.47. The molecule has 4 heteroatoms. The highest BCUT2D eigenvalue weighted by Crippen LogP contribution is 2.27. The van der Waals surface area contributed by atoms with Crippen molar-refractivity contribution in [3.8, 4) is 0 Å². The van der Waals surface area contributed by atoms with E-state index in [0.717, 1.165) is 5.92 Å². The maximum atomic E-state index is 12.1. The van der Waals surface area contributed by atoms with Gasteiger partial charge in [0.15, 0.2) is 0 Å². The van der Waals surface area contributed by atoms with Crippen molar-refractivity contribution in [3.63, 3.8) is 0 Å². The number of nitrogens with two attached hydrogens (primary N) is 1. The van der Waals surface area contributed by atoms with E-state index in [1.165, 1.54) is 25.7 Å². The number of amides is 1. The van der Waals surface area contributed by atoms with E-state index in [4.69, 9.17) is 5.73 Å². The zero-order valence-corrected chi connectivity index (χ0v) is 13.9. The molecule has 1 rings (SSSR count). The summed E-state index contributed by atoms with van der Waals surface area (Å²) in [6, 6.07) is 0.734. The zero-order chi connectivity index (χ0) is 15.3. The Kier molecular flexibility index (Phi) is 6.46. The Balaban J connectivity index is 2.50. The average Bonchev–Trinajstić information content (AvgIpc) is 2.34. The van der Waals surface area contributed by atoms with Crippen molar-refractivity contribution in [2.45, 2.75) is 77.4 Å². The summed E-state index contributed by atoms with van der Waals surface area (Å²) in [4.78, 5) is 14.4. The van der Waals surface area contributed by atoms with Gasteiger partial charge in [-0.1, -0.05) is 6.92 Å². The molecule has 0 spiro atoms. The van der Waals surface area contributed by atoms with Gasteiger partial charge in [0.25, 0.3) is 0 Å². The van der Waals surface area contributed by atoms with Gasteiger partial charge in [0.05, 0.1) is 0 Å². The lowest BCUT2D eigenvalue weighted by molar-refractivity contribution is -0.123. The quantitative estimate of drug-likeness (QED) is 0.812. The van der Waals surface area contributed by atoms with Crippen molar-refractivity contribution in [2.75, 3.05) is 13.6 Å². The minimum atomic E-state index is -0.172. The molecule has 1 aliphatic carbocycles. The van der Waals surface area contributed by atoms with E-state index < -0.39 is 0 Å². The first-order valence-corrected chi connectivity index (χ1v) is 7.96. The molecule has 1 unspecified atom stereocenters. The van der Waals surface area contributed by atoms with Crippen molar-refractivity contribution in [1.29, 1.82) is 0 Å². The summed E-state index contributed by atoms with van der Waals surface area (Å²) >= 11 is 0. The molecule has 3 N–H and O–H groups in total. The highest BCUT2D eigenvalue weighted by Gasteiger charge is 2.27. The number of carbonyl (C=O) groups excluding carboxylic acids is 1. The van der Waals surface area contributed by atoms with E-state index in [-0.39, 0.29) is 17.5 Å². The topological polar surface area (TPSA) is 58.4 Å². The summed E-state index contributed by atoms with van der Waals surface area (Å²) in [7, 11) is 2.13. The third-order valence-electron chi connectivity index (χ3n) is 4.34. The number of hydrogen-bond acceptors (Lipinski definition) is 3. The maximum Gasteiger partial charge on any atom is 0.222 e. The van der Waals surface area contributed by atoms with Gasteiger partial charge in [-0.25, -0.2) is 0 Å². The SMILES string of the molecule is CC1CCC(N(C)C(CN)CC(=O)NC(C)(C)C)CC1. The molecule has 0 aromatic heterocycles. The summed E-state index contributed by atoms with van der Waals surface area (Å²) in [6.07, 6.45) is 5.54. The molecule has 1 saturated carbocycles. The minimum Gasteiger partial charge on any atom is -0.351 e. The normalized spacial score (nSPS) is 25.6. The van der Waals surface area contributed by atoms with Gasteiger partial charge in [0.2, 0.25) is 5.91 Å². The summed E-state index contributed by atoms with van der Waals surface area (Å²) in [5.74, 6) is 0.948. The molecule has 118 valence electrons. The van der Waals surface area contributed by atoms with Crippen LogP contribution in [0.15, 0.2) is 0 Å². The second-order valence-corrected chi connectivity index (χ2v) is 7.47. The summed E-state index contributed by atoms with van der Waals surface area (Å²) < 4.78 is 0. The molecular weight excluding hydrogens is 250 g/mol. The lowest BCUT2D eigenvalue weighted by Gasteiger charge is -2.38. The maximum absolute atomic E-state index is 12.1. The number of nitrogens with zero attached hydrogens (tertiary/aromatic N) is 1. The van der Waals surface area contributed by atoms with E-state index in [0.29, 0.717) is 19.0 Å². The van der Waals surface area contributed by atoms with Gasteiger partial charge in [-0.3, -0.25) is 9.69 Å². The van der Waals surface area contributed by atoms with Crippen LogP contribution in [0.1, 0.15) is 59.8 Å². The first kappa shape index (κ1) is 17.4. The smallest absolute Gasteiger partial charge is 0.222 e. The van der Waals surface area contributed by atoms with Crippen LogP contribution in [0.25, 0.3) is 0 Å². The zero-order valence-electron chi connectivity index (χ0n) is 13.9. The Morgan fingerprint density at radius 3 is 2.30 bits per heavy atom. The predicted octanol–water partition coefficient (Wildman–Crippen LogP) is 2.13. The van der Waals surface area contributed by atoms with E-state index in [2.05, 4.69) is 24.2 Å². The fourth-order valence-electron chi connectivity index (χ4n) is 3.02. The lowest BCUT2D eigenvalue weighted by atomic mass is 9.86. The molecule has 0 aliphatic heterocycles. The number of likely N-dealkylation sites (N-methyl/N-ethyl adjacent to an activating group) is 1. The van der Waals surface area contributed by atoms with Crippen LogP contribution < -0.4 is 11.1 Å². The Morgan fingerprint density at radius 2 is 1.85 bits per heavy atom. The molecule has 0 aromatic carbocycles. The molecule has 1 aliphatic rings. The van der Waals surface area contributed by atoms with E-state index >= 15 is 0 Å². The van der Waals surface area contributed by atoms with Crippen molar-refractivity contribution < 1.29 is 4.79 Å². The highest BCUT2D eigenvalue weighted by molar-refractivity contribution is 5.77. The fourth-order valence-corrected chi connectivity index (χ4v) is 3.02. The van der Waals surface area contributed by atoms with Crippen LogP contribution in [-0.2, 0) is 4.79 Å². The first-order valence-electron chi connectivity index (χ1n) is 7.96. The van der Waals surface area contributed by atoms with Crippen LogP contribution in [0, 0.1) is 5.92 Å². The van der Waals surface area contributed by atoms with Gasteiger partial charge in [-0.2, -0.15) is 0 Å². The molecule has 0 radical (unpaired) electrons. The predicted molar refractivity (Wildman–Crippen MR) is 84.5 cm³/mol. The van der Waals surface area contributed by atoms with Crippen molar-refractivity contribution in [1.82, 2.24) is 10.2 Å². The Morgan fingerprint density at radius 1 is 1.30 bits per heavy atom. The molecule has 20 heavy (non-hydrogen) atoms. The summed E-state index contributed by atoms with van der Waals surface area (Å²) in [5, 5.41) is 3.03. The van der Waals surface area contributed by atoms with Gasteiger partial charge < -0.3 is 11.1 Å². The molecule has 0 heterocycles. The van der Waals surface area contributed by atoms with Crippen LogP contribution in [0.2, 0.25) is 0 Å². The van der Waals surface area contributed by atoms with Gasteiger partial charge in [0, 0.05) is 30.6 Å². The Labute approximate surface area is 124 Å². The van der Waals surface area contributed by atoms with E-state index in [1.54, 1.807) is 0 Å². The first-order chi connectivity index (χ1) is 9.23. The van der Waals surface area contributed by atoms with Crippen LogP contribution in [0.3, 0.4) is 0 Å². The van der Waals surface area contributed by atoms with Gasteiger partial charge in [-0.15, -0.1) is 0 Å². The molecule has 0 saturated heterocycles. The monoisotopic (exact) mass is 283 g/mol. The molecule has 4 nitrogen and oxygen atoms in total. The van der Waals surface area contributed by atoms with Crippen LogP contribution in [0.5, 0.6) is 0 Å². The van der Waals surface area contributed by atoms with Crippen LogP contribution in [-0.4, -0.2) is 42.0 Å². The number of carbonyl (C=O) groups is 1. The average molecular weight is 283 g/mol. The second kappa shape index (κ2) is 7.41. The van der Waals surface area contributed by atoms with Gasteiger partial charge in [-0.05, 0) is 59.4 Å². The van der Waals surface area contributed by atoms with Gasteiger partial charge >= 0.3 is 0 Å². The largest absolute Gasteiger partial charge is 0.351 e. The molecule has 0 aromatic rings. The third-order valence-corrected chi connectivity index (χ3v) is 4.34. The molecule has 1 atom stereocenters.